The second-order valence-corrected chi connectivity index (χ2v) is 6.53. The highest BCUT2D eigenvalue weighted by Crippen LogP contribution is 2.26. The fraction of sp³-hybridized carbons (Fsp3) is 0.412. The van der Waals surface area contributed by atoms with Crippen LogP contribution in [0.15, 0.2) is 24.4 Å². The van der Waals surface area contributed by atoms with Crippen molar-refractivity contribution >= 4 is 11.6 Å². The van der Waals surface area contributed by atoms with Gasteiger partial charge < -0.3 is 10.1 Å². The lowest BCUT2D eigenvalue weighted by molar-refractivity contribution is 0.102. The average Bonchev–Trinajstić information content (AvgIpc) is 3.29. The number of carbonyl (C=O) groups is 1. The molecule has 27 heavy (non-hydrogen) atoms. The van der Waals surface area contributed by atoms with Crippen molar-refractivity contribution in [3.05, 3.63) is 35.9 Å². The van der Waals surface area contributed by atoms with Gasteiger partial charge in [-0.2, -0.15) is 4.68 Å². The summed E-state index contributed by atoms with van der Waals surface area (Å²) < 4.78 is 8.58. The lowest BCUT2D eigenvalue weighted by Gasteiger charge is -2.11. The highest BCUT2D eigenvalue weighted by molar-refractivity contribution is 6.02. The number of ether oxygens (including phenoxy) is 1. The largest absolute Gasteiger partial charge is 0.494 e. The van der Waals surface area contributed by atoms with E-state index in [4.69, 9.17) is 4.74 Å². The molecule has 2 heterocycles. The van der Waals surface area contributed by atoms with Crippen LogP contribution in [0.4, 0.5) is 5.69 Å². The van der Waals surface area contributed by atoms with Crippen molar-refractivity contribution < 1.29 is 9.53 Å². The van der Waals surface area contributed by atoms with Crippen molar-refractivity contribution in [1.82, 2.24) is 35.2 Å². The standard InChI is InChI=1S/C17H22N8O2/c1-11(2)7-8-24-10-14(20-22-24)17(26)18-13-5-6-16(27-4)15(9-13)25-12(3)19-21-23-25/h5-6,9-11H,7-8H2,1-4H3,(H,18,26). The van der Waals surface area contributed by atoms with Gasteiger partial charge in [0, 0.05) is 12.2 Å². The van der Waals surface area contributed by atoms with Gasteiger partial charge in [-0.05, 0) is 47.9 Å². The van der Waals surface area contributed by atoms with Crippen molar-refractivity contribution in [3.63, 3.8) is 0 Å². The molecule has 0 radical (unpaired) electrons. The zero-order chi connectivity index (χ0) is 19.4. The van der Waals surface area contributed by atoms with E-state index in [2.05, 4.69) is 45.0 Å². The van der Waals surface area contributed by atoms with Crippen LogP contribution in [-0.2, 0) is 6.54 Å². The second-order valence-electron chi connectivity index (χ2n) is 6.53. The van der Waals surface area contributed by atoms with Gasteiger partial charge in [0.2, 0.25) is 0 Å². The molecule has 1 N–H and O–H groups in total. The Balaban J connectivity index is 1.77. The smallest absolute Gasteiger partial charge is 0.277 e. The number of methoxy groups -OCH3 is 1. The predicted octanol–water partition coefficient (Wildman–Crippen LogP) is 1.87. The number of amides is 1. The predicted molar refractivity (Wildman–Crippen MR) is 97.9 cm³/mol. The number of hydrogen-bond acceptors (Lipinski definition) is 7. The summed E-state index contributed by atoms with van der Waals surface area (Å²) in [5.74, 6) is 1.40. The Bertz CT molecular complexity index is 931. The number of carbonyl (C=O) groups excluding carboxylic acids is 1. The molecule has 3 rings (SSSR count). The summed E-state index contributed by atoms with van der Waals surface area (Å²) in [7, 11) is 1.56. The van der Waals surface area contributed by atoms with E-state index in [1.807, 2.05) is 0 Å². The van der Waals surface area contributed by atoms with Crippen LogP contribution in [0.25, 0.3) is 5.69 Å². The first-order valence-corrected chi connectivity index (χ1v) is 8.63. The Hall–Kier alpha value is -3.30. The molecule has 0 atom stereocenters. The second kappa shape index (κ2) is 7.94. The minimum atomic E-state index is -0.338. The molecular weight excluding hydrogens is 348 g/mol. The van der Waals surface area contributed by atoms with Gasteiger partial charge in [0.05, 0.1) is 13.3 Å². The Morgan fingerprint density at radius 2 is 2.07 bits per heavy atom. The topological polar surface area (TPSA) is 113 Å². The zero-order valence-corrected chi connectivity index (χ0v) is 15.7. The molecule has 0 aliphatic carbocycles. The maximum atomic E-state index is 12.5. The van der Waals surface area contributed by atoms with E-state index in [-0.39, 0.29) is 11.6 Å². The van der Waals surface area contributed by atoms with E-state index in [0.717, 1.165) is 13.0 Å². The van der Waals surface area contributed by atoms with Crippen molar-refractivity contribution in [3.8, 4) is 11.4 Å². The normalized spacial score (nSPS) is 11.0. The molecule has 10 heteroatoms. The number of aromatic nitrogens is 7. The van der Waals surface area contributed by atoms with Crippen LogP contribution in [0, 0.1) is 12.8 Å². The lowest BCUT2D eigenvalue weighted by atomic mass is 10.1. The van der Waals surface area contributed by atoms with Gasteiger partial charge in [0.1, 0.15) is 11.4 Å². The van der Waals surface area contributed by atoms with Crippen molar-refractivity contribution in [2.45, 2.75) is 33.7 Å². The molecule has 10 nitrogen and oxygen atoms in total. The number of nitrogens with zero attached hydrogens (tertiary/aromatic N) is 7. The molecular formula is C17H22N8O2. The van der Waals surface area contributed by atoms with E-state index in [0.29, 0.717) is 28.9 Å². The summed E-state index contributed by atoms with van der Waals surface area (Å²) in [5, 5.41) is 22.2. The van der Waals surface area contributed by atoms with Gasteiger partial charge in [-0.3, -0.25) is 9.48 Å². The maximum Gasteiger partial charge on any atom is 0.277 e. The fourth-order valence-corrected chi connectivity index (χ4v) is 2.48. The number of tetrazole rings is 1. The number of nitrogens with one attached hydrogen (secondary N) is 1. The molecule has 2 aromatic heterocycles. The molecule has 0 aliphatic heterocycles. The van der Waals surface area contributed by atoms with Crippen LogP contribution in [-0.4, -0.2) is 48.2 Å². The van der Waals surface area contributed by atoms with Crippen LogP contribution in [0.2, 0.25) is 0 Å². The molecule has 1 aromatic carbocycles. The Morgan fingerprint density at radius 1 is 1.26 bits per heavy atom. The van der Waals surface area contributed by atoms with E-state index in [1.165, 1.54) is 4.68 Å². The number of anilines is 1. The maximum absolute atomic E-state index is 12.5. The van der Waals surface area contributed by atoms with Gasteiger partial charge in [0.25, 0.3) is 5.91 Å². The molecule has 0 spiro atoms. The van der Waals surface area contributed by atoms with Crippen LogP contribution >= 0.6 is 0 Å². The van der Waals surface area contributed by atoms with Gasteiger partial charge >= 0.3 is 0 Å². The highest BCUT2D eigenvalue weighted by atomic mass is 16.5. The van der Waals surface area contributed by atoms with Gasteiger partial charge in [0.15, 0.2) is 11.5 Å². The highest BCUT2D eigenvalue weighted by Gasteiger charge is 2.15. The van der Waals surface area contributed by atoms with Gasteiger partial charge in [-0.1, -0.05) is 19.1 Å². The zero-order valence-electron chi connectivity index (χ0n) is 15.7. The summed E-state index contributed by atoms with van der Waals surface area (Å²) in [5.41, 5.74) is 1.45. The van der Waals surface area contributed by atoms with E-state index >= 15 is 0 Å². The summed E-state index contributed by atoms with van der Waals surface area (Å²) in [6, 6.07) is 5.22. The Labute approximate surface area is 156 Å². The third-order valence-corrected chi connectivity index (χ3v) is 4.00. The van der Waals surface area contributed by atoms with E-state index < -0.39 is 0 Å². The quantitative estimate of drug-likeness (QED) is 0.675. The van der Waals surface area contributed by atoms with Crippen LogP contribution in [0.3, 0.4) is 0 Å². The molecule has 3 aromatic rings. The van der Waals surface area contributed by atoms with Gasteiger partial charge in [-0.15, -0.1) is 10.2 Å². The number of rotatable bonds is 7. The van der Waals surface area contributed by atoms with E-state index in [9.17, 15) is 4.79 Å². The summed E-state index contributed by atoms with van der Waals surface area (Å²) in [4.78, 5) is 12.5. The van der Waals surface area contributed by atoms with Crippen LogP contribution < -0.4 is 10.1 Å². The number of aryl methyl sites for hydroxylation is 2. The molecule has 0 unspecified atom stereocenters. The monoisotopic (exact) mass is 370 g/mol. The molecule has 0 saturated heterocycles. The molecule has 0 aliphatic rings. The average molecular weight is 370 g/mol. The third-order valence-electron chi connectivity index (χ3n) is 4.00. The number of benzene rings is 1. The van der Waals surface area contributed by atoms with Gasteiger partial charge in [-0.25, -0.2) is 0 Å². The third kappa shape index (κ3) is 4.27. The van der Waals surface area contributed by atoms with Crippen molar-refractivity contribution in [1.29, 1.82) is 0 Å². The molecule has 0 fully saturated rings. The summed E-state index contributed by atoms with van der Waals surface area (Å²) in [6.45, 7) is 6.78. The molecule has 0 bridgehead atoms. The number of hydrogen-bond donors (Lipinski definition) is 1. The molecule has 0 saturated carbocycles. The van der Waals surface area contributed by atoms with Crippen molar-refractivity contribution in [2.75, 3.05) is 12.4 Å². The minimum Gasteiger partial charge on any atom is -0.494 e. The van der Waals surface area contributed by atoms with Crippen LogP contribution in [0.5, 0.6) is 5.75 Å². The summed E-state index contributed by atoms with van der Waals surface area (Å²) >= 11 is 0. The minimum absolute atomic E-state index is 0.259. The molecule has 1 amide bonds. The van der Waals surface area contributed by atoms with Crippen LogP contribution in [0.1, 0.15) is 36.6 Å². The van der Waals surface area contributed by atoms with Crippen molar-refractivity contribution in [2.24, 2.45) is 5.92 Å². The molecule has 142 valence electrons. The fourth-order valence-electron chi connectivity index (χ4n) is 2.48. The SMILES string of the molecule is COc1ccc(NC(=O)c2cn(CCC(C)C)nn2)cc1-n1nnnc1C. The lowest BCUT2D eigenvalue weighted by Crippen LogP contribution is -2.13. The Morgan fingerprint density at radius 3 is 2.74 bits per heavy atom. The van der Waals surface area contributed by atoms with E-state index in [1.54, 1.807) is 43.1 Å². The first-order chi connectivity index (χ1) is 13.0. The first kappa shape index (κ1) is 18.5. The Kier molecular flexibility index (Phi) is 5.43. The first-order valence-electron chi connectivity index (χ1n) is 8.63. The summed E-state index contributed by atoms with van der Waals surface area (Å²) in [6.07, 6.45) is 2.62.